The van der Waals surface area contributed by atoms with Crippen molar-refractivity contribution in [3.63, 3.8) is 0 Å². The smallest absolute Gasteiger partial charge is 0.0815 e. The summed E-state index contributed by atoms with van der Waals surface area (Å²) in [5.74, 6) is 1.66. The minimum atomic E-state index is 0.679. The SMILES string of the molecule is CC[C@H]1C[C@@H]2C=C[C@H]1N(CCc1c(I)[nH]c3ccccc13)C2. The summed E-state index contributed by atoms with van der Waals surface area (Å²) in [6.07, 6.45) is 8.80. The van der Waals surface area contributed by atoms with Crippen LogP contribution in [0.25, 0.3) is 10.9 Å². The molecule has 1 N–H and O–H groups in total. The van der Waals surface area contributed by atoms with Crippen LogP contribution < -0.4 is 0 Å². The van der Waals surface area contributed by atoms with Gasteiger partial charge < -0.3 is 4.98 Å². The van der Waals surface area contributed by atoms with E-state index in [-0.39, 0.29) is 0 Å². The van der Waals surface area contributed by atoms with Crippen molar-refractivity contribution in [2.45, 2.75) is 32.2 Å². The summed E-state index contributed by atoms with van der Waals surface area (Å²) in [7, 11) is 0. The number of aromatic amines is 1. The van der Waals surface area contributed by atoms with Crippen LogP contribution in [0, 0.1) is 15.5 Å². The van der Waals surface area contributed by atoms with Crippen LogP contribution in [0.4, 0.5) is 0 Å². The standard InChI is InChI=1S/C19H23IN2/c1-2-14-11-13-7-8-18(14)22(12-13)10-9-16-15-5-3-4-6-17(15)21-19(16)20/h3-8,13-14,18,21H,2,9-12H2,1H3/t13-,14-,18+/m0/s1. The second-order valence-corrected chi connectivity index (χ2v) is 7.83. The van der Waals surface area contributed by atoms with E-state index in [0.29, 0.717) is 6.04 Å². The fourth-order valence-electron chi connectivity index (χ4n) is 4.33. The normalized spacial score (nSPS) is 27.8. The van der Waals surface area contributed by atoms with E-state index in [9.17, 15) is 0 Å². The predicted octanol–water partition coefficient (Wildman–Crippen LogP) is 4.60. The number of piperidine rings is 1. The Bertz CT molecular complexity index is 703. The Labute approximate surface area is 146 Å². The third-order valence-electron chi connectivity index (χ3n) is 5.49. The summed E-state index contributed by atoms with van der Waals surface area (Å²) in [4.78, 5) is 6.25. The molecule has 2 nitrogen and oxygen atoms in total. The third kappa shape index (κ3) is 2.52. The maximum Gasteiger partial charge on any atom is 0.0815 e. The van der Waals surface area contributed by atoms with E-state index in [1.165, 1.54) is 46.1 Å². The fraction of sp³-hybridized carbons (Fsp3) is 0.474. The van der Waals surface area contributed by atoms with Gasteiger partial charge >= 0.3 is 0 Å². The summed E-state index contributed by atoms with van der Waals surface area (Å²) in [6, 6.07) is 9.37. The Hall–Kier alpha value is -0.810. The van der Waals surface area contributed by atoms with Crippen LogP contribution in [-0.2, 0) is 6.42 Å². The molecular formula is C19H23IN2. The Morgan fingerprint density at radius 3 is 2.95 bits per heavy atom. The molecule has 0 radical (unpaired) electrons. The molecule has 3 heteroatoms. The number of benzene rings is 1. The van der Waals surface area contributed by atoms with Crippen LogP contribution in [0.15, 0.2) is 36.4 Å². The summed E-state index contributed by atoms with van der Waals surface area (Å²) in [5.41, 5.74) is 2.77. The Morgan fingerprint density at radius 1 is 1.27 bits per heavy atom. The number of rotatable bonds is 4. The molecule has 1 fully saturated rings. The van der Waals surface area contributed by atoms with Gasteiger partial charge in [-0.1, -0.05) is 43.7 Å². The highest BCUT2D eigenvalue weighted by molar-refractivity contribution is 14.1. The number of para-hydroxylation sites is 1. The van der Waals surface area contributed by atoms with E-state index in [2.05, 4.69) is 75.8 Å². The quantitative estimate of drug-likeness (QED) is 0.581. The van der Waals surface area contributed by atoms with Crippen LogP contribution >= 0.6 is 22.6 Å². The van der Waals surface area contributed by atoms with Crippen molar-refractivity contribution in [2.24, 2.45) is 11.8 Å². The van der Waals surface area contributed by atoms with Gasteiger partial charge in [-0.3, -0.25) is 4.90 Å². The number of fused-ring (bicyclic) bond motifs is 3. The zero-order valence-electron chi connectivity index (χ0n) is 13.1. The van der Waals surface area contributed by atoms with Crippen molar-refractivity contribution in [3.05, 3.63) is 45.7 Å². The number of H-pyrrole nitrogens is 1. The van der Waals surface area contributed by atoms with E-state index >= 15 is 0 Å². The molecule has 1 aliphatic carbocycles. The van der Waals surface area contributed by atoms with E-state index in [4.69, 9.17) is 0 Å². The second-order valence-electron chi connectivity index (χ2n) is 6.75. The molecule has 5 rings (SSSR count). The maximum absolute atomic E-state index is 3.52. The Morgan fingerprint density at radius 2 is 2.14 bits per heavy atom. The van der Waals surface area contributed by atoms with Gasteiger partial charge in [-0.2, -0.15) is 0 Å². The molecule has 0 saturated carbocycles. The Kier molecular flexibility index (Phi) is 4.03. The van der Waals surface area contributed by atoms with Gasteiger partial charge in [-0.05, 0) is 58.9 Å². The van der Waals surface area contributed by atoms with Gasteiger partial charge in [0.05, 0.1) is 3.70 Å². The molecule has 3 atom stereocenters. The molecule has 3 heterocycles. The van der Waals surface area contributed by atoms with Crippen molar-refractivity contribution in [3.8, 4) is 0 Å². The van der Waals surface area contributed by atoms with Gasteiger partial charge in [-0.15, -0.1) is 0 Å². The van der Waals surface area contributed by atoms with Crippen molar-refractivity contribution in [1.82, 2.24) is 9.88 Å². The third-order valence-corrected chi connectivity index (χ3v) is 6.42. The van der Waals surface area contributed by atoms with Crippen molar-refractivity contribution >= 4 is 33.5 Å². The van der Waals surface area contributed by atoms with Gasteiger partial charge in [0.25, 0.3) is 0 Å². The van der Waals surface area contributed by atoms with Gasteiger partial charge in [0.15, 0.2) is 0 Å². The van der Waals surface area contributed by atoms with Crippen LogP contribution in [0.1, 0.15) is 25.3 Å². The topological polar surface area (TPSA) is 19.0 Å². The summed E-state index contributed by atoms with van der Waals surface area (Å²) in [6.45, 7) is 4.79. The lowest BCUT2D eigenvalue weighted by molar-refractivity contribution is 0.0826. The maximum atomic E-state index is 3.52. The number of nitrogens with zero attached hydrogens (tertiary/aromatic N) is 1. The van der Waals surface area contributed by atoms with Gasteiger partial charge in [0, 0.05) is 30.0 Å². The average Bonchev–Trinajstić information content (AvgIpc) is 2.88. The molecule has 2 aliphatic heterocycles. The lowest BCUT2D eigenvalue weighted by Crippen LogP contribution is -2.50. The molecule has 3 aliphatic rings. The first-order valence-electron chi connectivity index (χ1n) is 8.43. The number of nitrogens with one attached hydrogen (secondary N) is 1. The Balaban J connectivity index is 1.53. The molecule has 0 spiro atoms. The molecular weight excluding hydrogens is 383 g/mol. The zero-order valence-corrected chi connectivity index (χ0v) is 15.2. The van der Waals surface area contributed by atoms with Crippen molar-refractivity contribution in [1.29, 1.82) is 0 Å². The van der Waals surface area contributed by atoms with Gasteiger partial charge in [0.2, 0.25) is 0 Å². The van der Waals surface area contributed by atoms with Crippen molar-refractivity contribution in [2.75, 3.05) is 13.1 Å². The summed E-state index contributed by atoms with van der Waals surface area (Å²) in [5, 5.41) is 1.40. The molecule has 0 unspecified atom stereocenters. The molecule has 1 aromatic carbocycles. The second kappa shape index (κ2) is 6.00. The first kappa shape index (κ1) is 14.8. The molecule has 22 heavy (non-hydrogen) atoms. The highest BCUT2D eigenvalue weighted by atomic mass is 127. The number of hydrogen-bond acceptors (Lipinski definition) is 1. The summed E-state index contributed by atoms with van der Waals surface area (Å²) < 4.78 is 1.31. The minimum Gasteiger partial charge on any atom is -0.350 e. The molecule has 0 amide bonds. The van der Waals surface area contributed by atoms with Gasteiger partial charge in [-0.25, -0.2) is 0 Å². The van der Waals surface area contributed by atoms with Crippen LogP contribution in [0.2, 0.25) is 0 Å². The molecule has 1 aromatic heterocycles. The van der Waals surface area contributed by atoms with E-state index in [0.717, 1.165) is 18.3 Å². The molecule has 2 aromatic rings. The highest BCUT2D eigenvalue weighted by Gasteiger charge is 2.36. The van der Waals surface area contributed by atoms with E-state index in [1.54, 1.807) is 0 Å². The lowest BCUT2D eigenvalue weighted by atomic mass is 9.76. The predicted molar refractivity (Wildman–Crippen MR) is 101 cm³/mol. The molecule has 1 saturated heterocycles. The highest BCUT2D eigenvalue weighted by Crippen LogP contribution is 2.36. The van der Waals surface area contributed by atoms with E-state index < -0.39 is 0 Å². The fourth-order valence-corrected chi connectivity index (χ4v) is 5.18. The largest absolute Gasteiger partial charge is 0.350 e. The molecule has 116 valence electrons. The van der Waals surface area contributed by atoms with Crippen LogP contribution in [0.3, 0.4) is 0 Å². The van der Waals surface area contributed by atoms with Crippen LogP contribution in [-0.4, -0.2) is 29.0 Å². The van der Waals surface area contributed by atoms with E-state index in [1.807, 2.05) is 0 Å². The first-order chi connectivity index (χ1) is 10.8. The average molecular weight is 406 g/mol. The number of hydrogen-bond donors (Lipinski definition) is 1. The van der Waals surface area contributed by atoms with Gasteiger partial charge in [0.1, 0.15) is 0 Å². The molecule has 2 bridgehead atoms. The summed E-state index contributed by atoms with van der Waals surface area (Å²) >= 11 is 2.45. The van der Waals surface area contributed by atoms with Crippen molar-refractivity contribution < 1.29 is 0 Å². The first-order valence-corrected chi connectivity index (χ1v) is 9.51. The lowest BCUT2D eigenvalue weighted by Gasteiger charge is -2.46. The van der Waals surface area contributed by atoms with Crippen LogP contribution in [0.5, 0.6) is 0 Å². The monoisotopic (exact) mass is 406 g/mol. The zero-order chi connectivity index (χ0) is 15.1. The number of aromatic nitrogens is 1. The number of halogens is 1. The minimum absolute atomic E-state index is 0.679.